The van der Waals surface area contributed by atoms with E-state index in [9.17, 15) is 5.11 Å². The number of rotatable bonds is 6. The van der Waals surface area contributed by atoms with Gasteiger partial charge < -0.3 is 24.0 Å². The molecule has 0 radical (unpaired) electrons. The Morgan fingerprint density at radius 2 is 1.18 bits per heavy atom. The number of nitrogens with zero attached hydrogens (tertiary/aromatic N) is 1. The van der Waals surface area contributed by atoms with Gasteiger partial charge in [0.05, 0.1) is 17.4 Å². The molecule has 0 spiro atoms. The number of phenols is 1. The highest BCUT2D eigenvalue weighted by Crippen LogP contribution is 2.69. The lowest BCUT2D eigenvalue weighted by molar-refractivity contribution is 0.0573. The van der Waals surface area contributed by atoms with Crippen LogP contribution in [0.4, 0.5) is 0 Å². The molecular weight excluding hydrogens is 504 g/mol. The Morgan fingerprint density at radius 1 is 0.667 bits per heavy atom. The first-order chi connectivity index (χ1) is 19.1. The highest BCUT2D eigenvalue weighted by atomic mass is 31.1. The van der Waals surface area contributed by atoms with Crippen LogP contribution in [0.3, 0.4) is 0 Å². The summed E-state index contributed by atoms with van der Waals surface area (Å²) in [6, 6.07) is 35.6. The first kappa shape index (κ1) is 27.4. The number of phenolic OH excluding ortho intramolecular Hbond substituents is 1. The molecule has 0 amide bonds. The van der Waals surface area contributed by atoms with Crippen LogP contribution in [-0.2, 0) is 9.31 Å². The molecule has 1 saturated heterocycles. The van der Waals surface area contributed by atoms with E-state index in [0.717, 1.165) is 27.6 Å². The van der Waals surface area contributed by atoms with Gasteiger partial charge in [-0.3, -0.25) is 0 Å². The van der Waals surface area contributed by atoms with Crippen molar-refractivity contribution in [2.45, 2.75) is 32.5 Å². The smallest absolute Gasteiger partial charge is 0.467 e. The van der Waals surface area contributed by atoms with E-state index in [1.54, 1.807) is 6.07 Å². The van der Waals surface area contributed by atoms with Gasteiger partial charge in [-0.15, -0.1) is 5.46 Å². The van der Waals surface area contributed by atoms with Gasteiger partial charge in [-0.1, -0.05) is 118 Å². The fraction of sp³-hybridized carbons (Fsp3) is 0.250. The lowest BCUT2D eigenvalue weighted by Gasteiger charge is -2.59. The number of aromatic hydroxyl groups is 1. The fourth-order valence-electron chi connectivity index (χ4n) is 5.24. The Kier molecular flexibility index (Phi) is 8.69. The molecule has 1 fully saturated rings. The molecule has 0 aliphatic carbocycles. The second kappa shape index (κ2) is 12.4. The SMILES string of the molecule is CCN(CC)CC.Oc1ccccc1C1O[B-]2(c3ccccc3)Oc3ccccc3C(O2)P1c1ccccc1. The topological polar surface area (TPSA) is 51.2 Å². The van der Waals surface area contributed by atoms with Crippen molar-refractivity contribution in [1.82, 2.24) is 4.90 Å². The van der Waals surface area contributed by atoms with Crippen LogP contribution >= 0.6 is 7.92 Å². The maximum atomic E-state index is 10.8. The van der Waals surface area contributed by atoms with Crippen LogP contribution in [0.2, 0.25) is 0 Å². The van der Waals surface area contributed by atoms with E-state index in [1.807, 2.05) is 84.9 Å². The summed E-state index contributed by atoms with van der Waals surface area (Å²) in [4.78, 5) is 2.38. The van der Waals surface area contributed by atoms with Gasteiger partial charge >= 0.3 is 6.75 Å². The first-order valence-corrected chi connectivity index (χ1v) is 15.2. The molecular formula is C32H36BNO4P-. The predicted molar refractivity (Wildman–Crippen MR) is 161 cm³/mol. The summed E-state index contributed by atoms with van der Waals surface area (Å²) in [7, 11) is -1.04. The quantitative estimate of drug-likeness (QED) is 0.223. The van der Waals surface area contributed by atoms with Crippen LogP contribution in [0.1, 0.15) is 43.6 Å². The van der Waals surface area contributed by atoms with E-state index >= 15 is 0 Å². The van der Waals surface area contributed by atoms with Gasteiger partial charge in [-0.05, 0) is 45.0 Å². The Bertz CT molecular complexity index is 1350. The third-order valence-corrected chi connectivity index (χ3v) is 10.1. The van der Waals surface area contributed by atoms with Crippen LogP contribution in [0.15, 0.2) is 109 Å². The molecule has 2 aliphatic heterocycles. The van der Waals surface area contributed by atoms with Crippen molar-refractivity contribution in [3.63, 3.8) is 0 Å². The van der Waals surface area contributed by atoms with Gasteiger partial charge in [-0.2, -0.15) is 0 Å². The minimum absolute atomic E-state index is 0.216. The van der Waals surface area contributed by atoms with Crippen LogP contribution in [0.5, 0.6) is 11.5 Å². The van der Waals surface area contributed by atoms with Crippen LogP contribution in [0.25, 0.3) is 0 Å². The summed E-state index contributed by atoms with van der Waals surface area (Å²) in [5, 5.41) is 11.9. The van der Waals surface area contributed by atoms with Crippen LogP contribution < -0.4 is 15.4 Å². The minimum atomic E-state index is -2.26. The average Bonchev–Trinajstić information content (AvgIpc) is 2.99. The van der Waals surface area contributed by atoms with Crippen molar-refractivity contribution in [2.75, 3.05) is 19.6 Å². The summed E-state index contributed by atoms with van der Waals surface area (Å²) >= 11 is 0. The molecule has 2 heterocycles. The molecule has 4 aromatic carbocycles. The van der Waals surface area contributed by atoms with Crippen molar-refractivity contribution < 1.29 is 19.1 Å². The lowest BCUT2D eigenvalue weighted by atomic mass is 9.67. The molecule has 7 heteroatoms. The first-order valence-electron chi connectivity index (χ1n) is 13.8. The molecule has 202 valence electrons. The normalized spacial score (nSPS) is 23.2. The van der Waals surface area contributed by atoms with E-state index in [1.165, 1.54) is 19.6 Å². The van der Waals surface area contributed by atoms with Crippen molar-refractivity contribution in [1.29, 1.82) is 0 Å². The molecule has 6 rings (SSSR count). The number of hydrogen-bond acceptors (Lipinski definition) is 5. The van der Waals surface area contributed by atoms with Gasteiger partial charge in [0.15, 0.2) is 0 Å². The number of fused-ring (bicyclic) bond motifs is 4. The van der Waals surface area contributed by atoms with Gasteiger partial charge in [-0.25, -0.2) is 0 Å². The molecule has 39 heavy (non-hydrogen) atoms. The maximum absolute atomic E-state index is 10.8. The second-order valence-electron chi connectivity index (χ2n) is 9.61. The van der Waals surface area contributed by atoms with E-state index in [0.29, 0.717) is 0 Å². The van der Waals surface area contributed by atoms with Gasteiger partial charge in [0, 0.05) is 11.1 Å². The molecule has 4 unspecified atom stereocenters. The van der Waals surface area contributed by atoms with E-state index < -0.39 is 20.5 Å². The average molecular weight is 540 g/mol. The van der Waals surface area contributed by atoms with Crippen molar-refractivity contribution >= 4 is 25.4 Å². The van der Waals surface area contributed by atoms with Crippen LogP contribution in [-0.4, -0.2) is 36.4 Å². The molecule has 0 saturated carbocycles. The Balaban J connectivity index is 0.000000392. The lowest BCUT2D eigenvalue weighted by Crippen LogP contribution is -2.64. The summed E-state index contributed by atoms with van der Waals surface area (Å²) in [5.74, 6) is 0.358. The predicted octanol–water partition coefficient (Wildman–Crippen LogP) is 6.53. The highest BCUT2D eigenvalue weighted by Gasteiger charge is 2.52. The standard InChI is InChI=1S/C26H21BO4P.C6H15N/c28-23-17-9-7-15-21(23)25-30-27(19-11-3-1-4-12-19)29-24-18-10-8-16-22(24)26(31-27)32(25)20-13-5-2-6-14-20;1-4-7(5-2)6-3/h1-18,25-26,28H;4-6H2,1-3H3/q-1;. The van der Waals surface area contributed by atoms with Crippen LogP contribution in [0, 0.1) is 0 Å². The number of para-hydroxylation sites is 2. The van der Waals surface area contributed by atoms with Crippen molar-refractivity contribution in [3.05, 3.63) is 120 Å². The zero-order valence-corrected chi connectivity index (χ0v) is 23.7. The molecule has 2 bridgehead atoms. The van der Waals surface area contributed by atoms with E-state index in [2.05, 4.69) is 43.9 Å². The fourth-order valence-corrected chi connectivity index (χ4v) is 8.16. The Hall–Kier alpha value is -3.15. The summed E-state index contributed by atoms with van der Waals surface area (Å²) in [6.45, 7) is 7.87. The highest BCUT2D eigenvalue weighted by molar-refractivity contribution is 7.66. The summed E-state index contributed by atoms with van der Waals surface area (Å²) in [6.07, 6.45) is 0. The van der Waals surface area contributed by atoms with E-state index in [-0.39, 0.29) is 11.6 Å². The summed E-state index contributed by atoms with van der Waals surface area (Å²) in [5.41, 5.74) is 2.61. The van der Waals surface area contributed by atoms with Crippen molar-refractivity contribution in [3.8, 4) is 11.5 Å². The van der Waals surface area contributed by atoms with Crippen molar-refractivity contribution in [2.24, 2.45) is 0 Å². The molecule has 4 aromatic rings. The molecule has 5 nitrogen and oxygen atoms in total. The zero-order valence-electron chi connectivity index (χ0n) is 22.8. The third-order valence-electron chi connectivity index (χ3n) is 7.40. The Labute approximate surface area is 233 Å². The summed E-state index contributed by atoms with van der Waals surface area (Å²) < 4.78 is 20.1. The van der Waals surface area contributed by atoms with Gasteiger partial charge in [0.1, 0.15) is 5.75 Å². The number of hydrogen-bond donors (Lipinski definition) is 1. The van der Waals surface area contributed by atoms with Gasteiger partial charge in [0.25, 0.3) is 0 Å². The third kappa shape index (κ3) is 5.62. The van der Waals surface area contributed by atoms with E-state index in [4.69, 9.17) is 14.0 Å². The Morgan fingerprint density at radius 3 is 1.77 bits per heavy atom. The maximum Gasteiger partial charge on any atom is 0.467 e. The molecule has 2 aliphatic rings. The molecule has 4 atom stereocenters. The molecule has 1 N–H and O–H groups in total. The number of benzene rings is 4. The molecule has 0 aromatic heterocycles. The largest absolute Gasteiger partial charge is 0.666 e. The minimum Gasteiger partial charge on any atom is -0.666 e. The monoisotopic (exact) mass is 540 g/mol. The zero-order chi connectivity index (χ0) is 27.2. The second-order valence-corrected chi connectivity index (χ2v) is 11.9. The van der Waals surface area contributed by atoms with Gasteiger partial charge in [0.2, 0.25) is 0 Å².